The van der Waals surface area contributed by atoms with Gasteiger partial charge in [0, 0.05) is 19.4 Å². The molecule has 1 aromatic heterocycles. The number of nitrogens with zero attached hydrogens (tertiary/aromatic N) is 2. The number of hydrogen-bond acceptors (Lipinski definition) is 3. The molecule has 2 heterocycles. The van der Waals surface area contributed by atoms with Gasteiger partial charge in [-0.25, -0.2) is 4.98 Å². The fraction of sp³-hybridized carbons (Fsp3) is 0.417. The molecule has 0 unspecified atom stereocenters. The maximum absolute atomic E-state index is 12.3. The molecule has 0 amide bonds. The van der Waals surface area contributed by atoms with Crippen LogP contribution in [0.4, 0.5) is 0 Å². The van der Waals surface area contributed by atoms with E-state index in [9.17, 15) is 4.79 Å². The highest BCUT2D eigenvalue weighted by Crippen LogP contribution is 2.26. The van der Waals surface area contributed by atoms with Crippen LogP contribution in [0.25, 0.3) is 11.0 Å². The smallest absolute Gasteiger partial charge is 0.133 e. The molecular formula is C24H28N2OS. The van der Waals surface area contributed by atoms with Crippen LogP contribution in [0.3, 0.4) is 0 Å². The average molecular weight is 393 g/mol. The Morgan fingerprint density at radius 2 is 1.86 bits per heavy atom. The summed E-state index contributed by atoms with van der Waals surface area (Å²) in [5.74, 6) is 3.75. The third-order valence-corrected chi connectivity index (χ3v) is 6.79. The molecule has 0 radical (unpaired) electrons. The minimum atomic E-state index is 0.421. The minimum Gasteiger partial charge on any atom is -0.326 e. The topological polar surface area (TPSA) is 34.9 Å². The van der Waals surface area contributed by atoms with Crippen molar-refractivity contribution < 1.29 is 4.79 Å². The maximum Gasteiger partial charge on any atom is 0.133 e. The van der Waals surface area contributed by atoms with Gasteiger partial charge in [-0.1, -0.05) is 36.4 Å². The van der Waals surface area contributed by atoms with Gasteiger partial charge in [0.25, 0.3) is 0 Å². The average Bonchev–Trinajstić information content (AvgIpc) is 3.15. The first-order chi connectivity index (χ1) is 13.8. The summed E-state index contributed by atoms with van der Waals surface area (Å²) < 4.78 is 2.18. The van der Waals surface area contributed by atoms with E-state index < -0.39 is 0 Å². The standard InChI is InChI=1S/C24H28N2OS/c27-22(10-8-19-12-14-28-15-13-19)11-9-20-4-3-5-21(16-20)17-26-18-25-23-6-1-2-7-24(23)26/h1-7,16,18-19H,8-15,17H2. The molecule has 2 aromatic carbocycles. The molecule has 146 valence electrons. The second-order valence-electron chi connectivity index (χ2n) is 7.81. The van der Waals surface area contributed by atoms with Crippen LogP contribution in [0.2, 0.25) is 0 Å². The van der Waals surface area contributed by atoms with Crippen LogP contribution < -0.4 is 0 Å². The largest absolute Gasteiger partial charge is 0.326 e. The van der Waals surface area contributed by atoms with Gasteiger partial charge in [-0.05, 0) is 66.4 Å². The molecular weight excluding hydrogens is 364 g/mol. The second-order valence-corrected chi connectivity index (χ2v) is 9.04. The van der Waals surface area contributed by atoms with Crippen molar-refractivity contribution in [3.05, 3.63) is 66.0 Å². The molecule has 3 nitrogen and oxygen atoms in total. The zero-order chi connectivity index (χ0) is 19.2. The molecule has 1 saturated heterocycles. The number of aromatic nitrogens is 2. The van der Waals surface area contributed by atoms with Crippen molar-refractivity contribution >= 4 is 28.6 Å². The van der Waals surface area contributed by atoms with Crippen LogP contribution >= 0.6 is 11.8 Å². The fourth-order valence-corrected chi connectivity index (χ4v) is 5.23. The summed E-state index contributed by atoms with van der Waals surface area (Å²) in [6, 6.07) is 16.9. The van der Waals surface area contributed by atoms with Crippen LogP contribution in [-0.4, -0.2) is 26.8 Å². The first-order valence-corrected chi connectivity index (χ1v) is 11.5. The van der Waals surface area contributed by atoms with E-state index in [1.165, 1.54) is 35.5 Å². The number of Topliss-reactive ketones (excluding diaryl/α,β-unsaturated/α-hetero) is 1. The Bertz CT molecular complexity index is 927. The van der Waals surface area contributed by atoms with E-state index in [2.05, 4.69) is 57.7 Å². The number of hydrogen-bond donors (Lipinski definition) is 0. The summed E-state index contributed by atoms with van der Waals surface area (Å²) in [4.78, 5) is 16.8. The number of carbonyl (C=O) groups excluding carboxylic acids is 1. The van der Waals surface area contributed by atoms with Crippen molar-refractivity contribution in [2.75, 3.05) is 11.5 Å². The van der Waals surface area contributed by atoms with Crippen molar-refractivity contribution in [3.63, 3.8) is 0 Å². The van der Waals surface area contributed by atoms with Crippen molar-refractivity contribution in [1.82, 2.24) is 9.55 Å². The van der Waals surface area contributed by atoms with E-state index in [0.717, 1.165) is 42.8 Å². The number of ketones is 1. The number of thioether (sulfide) groups is 1. The van der Waals surface area contributed by atoms with Crippen LogP contribution in [-0.2, 0) is 17.8 Å². The molecule has 4 rings (SSSR count). The van der Waals surface area contributed by atoms with Crippen molar-refractivity contribution in [3.8, 4) is 0 Å². The lowest BCUT2D eigenvalue weighted by molar-refractivity contribution is -0.119. The highest BCUT2D eigenvalue weighted by molar-refractivity contribution is 7.99. The Hall–Kier alpha value is -2.07. The normalized spacial score (nSPS) is 15.1. The van der Waals surface area contributed by atoms with Gasteiger partial charge in [0.1, 0.15) is 5.78 Å². The highest BCUT2D eigenvalue weighted by atomic mass is 32.2. The van der Waals surface area contributed by atoms with E-state index in [-0.39, 0.29) is 0 Å². The molecule has 28 heavy (non-hydrogen) atoms. The van der Waals surface area contributed by atoms with Gasteiger partial charge in [0.15, 0.2) is 0 Å². The minimum absolute atomic E-state index is 0.421. The molecule has 0 saturated carbocycles. The molecule has 4 heteroatoms. The molecule has 0 atom stereocenters. The molecule has 1 aliphatic rings. The molecule has 1 aliphatic heterocycles. The summed E-state index contributed by atoms with van der Waals surface area (Å²) in [7, 11) is 0. The number of benzene rings is 2. The van der Waals surface area contributed by atoms with Crippen molar-refractivity contribution in [1.29, 1.82) is 0 Å². The van der Waals surface area contributed by atoms with Crippen molar-refractivity contribution in [2.24, 2.45) is 5.92 Å². The fourth-order valence-electron chi connectivity index (χ4n) is 4.03. The number of aryl methyl sites for hydroxylation is 1. The van der Waals surface area contributed by atoms with Crippen LogP contribution in [0.15, 0.2) is 54.9 Å². The number of rotatable bonds is 8. The number of fused-ring (bicyclic) bond motifs is 1. The van der Waals surface area contributed by atoms with Crippen LogP contribution in [0, 0.1) is 5.92 Å². The predicted octanol–water partition coefficient (Wildman–Crippen LogP) is 5.51. The van der Waals surface area contributed by atoms with E-state index in [4.69, 9.17) is 0 Å². The summed E-state index contributed by atoms with van der Waals surface area (Å²) >= 11 is 2.05. The zero-order valence-corrected chi connectivity index (χ0v) is 17.2. The summed E-state index contributed by atoms with van der Waals surface area (Å²) in [6.45, 7) is 0.808. The number of carbonyl (C=O) groups is 1. The summed E-state index contributed by atoms with van der Waals surface area (Å²) in [5.41, 5.74) is 4.70. The van der Waals surface area contributed by atoms with Gasteiger partial charge in [-0.15, -0.1) is 0 Å². The lowest BCUT2D eigenvalue weighted by atomic mass is 9.94. The monoisotopic (exact) mass is 392 g/mol. The van der Waals surface area contributed by atoms with Gasteiger partial charge in [-0.3, -0.25) is 4.79 Å². The SMILES string of the molecule is O=C(CCc1cccc(Cn2cnc3ccccc32)c1)CCC1CCSCC1. The van der Waals surface area contributed by atoms with Gasteiger partial charge in [0.05, 0.1) is 17.4 Å². The van der Waals surface area contributed by atoms with Gasteiger partial charge in [-0.2, -0.15) is 11.8 Å². The zero-order valence-electron chi connectivity index (χ0n) is 16.3. The Morgan fingerprint density at radius 3 is 2.75 bits per heavy atom. The lowest BCUT2D eigenvalue weighted by Gasteiger charge is -2.20. The van der Waals surface area contributed by atoms with E-state index in [1.807, 2.05) is 18.5 Å². The van der Waals surface area contributed by atoms with Gasteiger partial charge < -0.3 is 4.57 Å². The number of imidazole rings is 1. The number of para-hydroxylation sites is 2. The first-order valence-electron chi connectivity index (χ1n) is 10.3. The van der Waals surface area contributed by atoms with E-state index in [1.54, 1.807) is 0 Å². The van der Waals surface area contributed by atoms with Gasteiger partial charge >= 0.3 is 0 Å². The molecule has 0 bridgehead atoms. The van der Waals surface area contributed by atoms with Gasteiger partial charge in [0.2, 0.25) is 0 Å². The Morgan fingerprint density at radius 1 is 1.04 bits per heavy atom. The maximum atomic E-state index is 12.3. The summed E-state index contributed by atoms with van der Waals surface area (Å²) in [5, 5.41) is 0. The van der Waals surface area contributed by atoms with Crippen LogP contribution in [0.1, 0.15) is 43.2 Å². The lowest BCUT2D eigenvalue weighted by Crippen LogP contribution is -2.11. The van der Waals surface area contributed by atoms with E-state index >= 15 is 0 Å². The highest BCUT2D eigenvalue weighted by Gasteiger charge is 2.15. The predicted molar refractivity (Wildman–Crippen MR) is 118 cm³/mol. The molecule has 3 aromatic rings. The quantitative estimate of drug-likeness (QED) is 0.507. The summed E-state index contributed by atoms with van der Waals surface area (Å²) in [6.07, 6.45) is 7.86. The third kappa shape index (κ3) is 5.05. The molecule has 1 fully saturated rings. The Kier molecular flexibility index (Phi) is 6.48. The van der Waals surface area contributed by atoms with Crippen molar-refractivity contribution in [2.45, 2.75) is 45.1 Å². The van der Waals surface area contributed by atoms with Crippen LogP contribution in [0.5, 0.6) is 0 Å². The van der Waals surface area contributed by atoms with E-state index in [0.29, 0.717) is 12.2 Å². The first kappa shape index (κ1) is 19.3. The Balaban J connectivity index is 1.30. The Labute approximate surface area is 171 Å². The molecule has 0 aliphatic carbocycles. The second kappa shape index (κ2) is 9.42. The third-order valence-electron chi connectivity index (χ3n) is 5.74. The molecule has 0 spiro atoms. The molecule has 0 N–H and O–H groups in total.